The molecule has 0 radical (unpaired) electrons. The highest BCUT2D eigenvalue weighted by atomic mass is 19.1. The number of halogens is 2. The molecule has 3 N–H and O–H groups in total. The zero-order valence-electron chi connectivity index (χ0n) is 10.3. The van der Waals surface area contributed by atoms with Gasteiger partial charge in [-0.05, 0) is 32.4 Å². The van der Waals surface area contributed by atoms with Crippen LogP contribution in [0, 0.1) is 11.6 Å². The molecule has 0 fully saturated rings. The summed E-state index contributed by atoms with van der Waals surface area (Å²) in [7, 11) is 1.55. The quantitative estimate of drug-likeness (QED) is 0.617. The third kappa shape index (κ3) is 3.46. The summed E-state index contributed by atoms with van der Waals surface area (Å²) in [6, 6.07) is 3.11. The molecule has 0 heterocycles. The van der Waals surface area contributed by atoms with Gasteiger partial charge in [0.25, 0.3) is 0 Å². The van der Waals surface area contributed by atoms with Crippen LogP contribution in [0.5, 0.6) is 0 Å². The van der Waals surface area contributed by atoms with Crippen molar-refractivity contribution in [3.8, 4) is 0 Å². The van der Waals surface area contributed by atoms with Gasteiger partial charge in [-0.2, -0.15) is 0 Å². The van der Waals surface area contributed by atoms with Crippen LogP contribution in [-0.4, -0.2) is 12.7 Å². The number of hydrogen-bond donors (Lipinski definition) is 2. The first-order chi connectivity index (χ1) is 7.91. The molecule has 0 amide bonds. The summed E-state index contributed by atoms with van der Waals surface area (Å²) in [5, 5.41) is 0. The fourth-order valence-corrected chi connectivity index (χ4v) is 1.66. The number of methoxy groups -OCH3 is 1. The first-order valence-electron chi connectivity index (χ1n) is 5.36. The highest BCUT2D eigenvalue weighted by Crippen LogP contribution is 2.28. The number of hydrazine groups is 1. The SMILES string of the molecule is COC(C)(C)CC(NN)c1c(F)cccc1F. The highest BCUT2D eigenvalue weighted by molar-refractivity contribution is 5.23. The van der Waals surface area contributed by atoms with Crippen molar-refractivity contribution < 1.29 is 13.5 Å². The lowest BCUT2D eigenvalue weighted by atomic mass is 9.93. The molecule has 0 aliphatic heterocycles. The van der Waals surface area contributed by atoms with Gasteiger partial charge in [0.15, 0.2) is 0 Å². The molecule has 17 heavy (non-hydrogen) atoms. The second-order valence-electron chi connectivity index (χ2n) is 4.52. The maximum atomic E-state index is 13.6. The van der Waals surface area contributed by atoms with E-state index in [4.69, 9.17) is 10.6 Å². The Bertz CT molecular complexity index is 363. The van der Waals surface area contributed by atoms with Crippen molar-refractivity contribution in [3.05, 3.63) is 35.4 Å². The molecule has 0 aromatic heterocycles. The predicted molar refractivity (Wildman–Crippen MR) is 62.1 cm³/mol. The number of nitrogens with one attached hydrogen (secondary N) is 1. The Morgan fingerprint density at radius 3 is 2.29 bits per heavy atom. The average Bonchev–Trinajstić information content (AvgIpc) is 2.27. The summed E-state index contributed by atoms with van der Waals surface area (Å²) < 4.78 is 32.4. The van der Waals surface area contributed by atoms with Crippen molar-refractivity contribution in [1.29, 1.82) is 0 Å². The molecule has 1 aromatic rings. The molecule has 3 nitrogen and oxygen atoms in total. The normalized spacial score (nSPS) is 13.8. The number of ether oxygens (including phenoxy) is 1. The molecule has 0 aliphatic carbocycles. The molecule has 1 aromatic carbocycles. The van der Waals surface area contributed by atoms with Gasteiger partial charge in [-0.15, -0.1) is 0 Å². The summed E-state index contributed by atoms with van der Waals surface area (Å²) in [4.78, 5) is 0. The van der Waals surface area contributed by atoms with Crippen molar-refractivity contribution in [3.63, 3.8) is 0 Å². The first kappa shape index (κ1) is 14.0. The second kappa shape index (κ2) is 5.53. The third-order valence-electron chi connectivity index (χ3n) is 2.80. The molecule has 1 unspecified atom stereocenters. The molecule has 0 spiro atoms. The number of hydrogen-bond acceptors (Lipinski definition) is 3. The third-order valence-corrected chi connectivity index (χ3v) is 2.80. The Labute approximate surface area is 99.9 Å². The fraction of sp³-hybridized carbons (Fsp3) is 0.500. The Hall–Kier alpha value is -1.04. The maximum absolute atomic E-state index is 13.6. The largest absolute Gasteiger partial charge is 0.379 e. The van der Waals surface area contributed by atoms with E-state index in [9.17, 15) is 8.78 Å². The van der Waals surface area contributed by atoms with Gasteiger partial charge in [0.2, 0.25) is 0 Å². The molecule has 5 heteroatoms. The summed E-state index contributed by atoms with van der Waals surface area (Å²) in [5.74, 6) is 4.14. The Morgan fingerprint density at radius 1 is 1.35 bits per heavy atom. The van der Waals surface area contributed by atoms with Crippen LogP contribution in [0.2, 0.25) is 0 Å². The highest BCUT2D eigenvalue weighted by Gasteiger charge is 2.27. The van der Waals surface area contributed by atoms with Crippen LogP contribution in [0.1, 0.15) is 31.9 Å². The van der Waals surface area contributed by atoms with Crippen LogP contribution in [0.3, 0.4) is 0 Å². The van der Waals surface area contributed by atoms with Gasteiger partial charge in [0.1, 0.15) is 11.6 Å². The summed E-state index contributed by atoms with van der Waals surface area (Å²) in [5.41, 5.74) is 1.85. The van der Waals surface area contributed by atoms with E-state index in [2.05, 4.69) is 5.43 Å². The van der Waals surface area contributed by atoms with Crippen molar-refractivity contribution >= 4 is 0 Å². The van der Waals surface area contributed by atoms with E-state index >= 15 is 0 Å². The van der Waals surface area contributed by atoms with Gasteiger partial charge in [0, 0.05) is 12.7 Å². The van der Waals surface area contributed by atoms with Crippen LogP contribution in [-0.2, 0) is 4.74 Å². The minimum atomic E-state index is -0.633. The van der Waals surface area contributed by atoms with Crippen molar-refractivity contribution in [2.24, 2.45) is 5.84 Å². The van der Waals surface area contributed by atoms with E-state index < -0.39 is 23.3 Å². The van der Waals surface area contributed by atoms with E-state index in [1.54, 1.807) is 7.11 Å². The second-order valence-corrected chi connectivity index (χ2v) is 4.52. The minimum absolute atomic E-state index is 0.0554. The predicted octanol–water partition coefficient (Wildman–Crippen LogP) is 2.28. The molecule has 0 aliphatic rings. The molecule has 0 saturated carbocycles. The molecule has 0 saturated heterocycles. The van der Waals surface area contributed by atoms with Crippen molar-refractivity contribution in [1.82, 2.24) is 5.43 Å². The lowest BCUT2D eigenvalue weighted by molar-refractivity contribution is 0.00627. The van der Waals surface area contributed by atoms with Gasteiger partial charge >= 0.3 is 0 Å². The van der Waals surface area contributed by atoms with Crippen LogP contribution in [0.4, 0.5) is 8.78 Å². The van der Waals surface area contributed by atoms with Gasteiger partial charge in [0.05, 0.1) is 11.6 Å². The molecular weight excluding hydrogens is 226 g/mol. The topological polar surface area (TPSA) is 47.3 Å². The summed E-state index contributed by atoms with van der Waals surface area (Å²) in [6.45, 7) is 3.66. The monoisotopic (exact) mass is 244 g/mol. The van der Waals surface area contributed by atoms with Crippen LogP contribution in [0.25, 0.3) is 0 Å². The minimum Gasteiger partial charge on any atom is -0.379 e. The zero-order chi connectivity index (χ0) is 13.1. The Morgan fingerprint density at radius 2 is 1.88 bits per heavy atom. The summed E-state index contributed by atoms with van der Waals surface area (Å²) >= 11 is 0. The van der Waals surface area contributed by atoms with Crippen LogP contribution >= 0.6 is 0 Å². The van der Waals surface area contributed by atoms with Gasteiger partial charge < -0.3 is 4.74 Å². The van der Waals surface area contributed by atoms with Crippen molar-refractivity contribution in [2.75, 3.05) is 7.11 Å². The van der Waals surface area contributed by atoms with Crippen LogP contribution < -0.4 is 11.3 Å². The van der Waals surface area contributed by atoms with Gasteiger partial charge in [-0.3, -0.25) is 11.3 Å². The smallest absolute Gasteiger partial charge is 0.130 e. The zero-order valence-corrected chi connectivity index (χ0v) is 10.3. The van der Waals surface area contributed by atoms with Gasteiger partial charge in [-0.25, -0.2) is 8.78 Å². The standard InChI is InChI=1S/C12H18F2N2O/c1-12(2,17-3)7-10(16-15)11-8(13)5-4-6-9(11)14/h4-6,10,16H,7,15H2,1-3H3. The molecular formula is C12H18F2N2O. The Kier molecular flexibility index (Phi) is 4.56. The van der Waals surface area contributed by atoms with E-state index in [0.29, 0.717) is 6.42 Å². The van der Waals surface area contributed by atoms with E-state index in [0.717, 1.165) is 0 Å². The number of rotatable bonds is 5. The van der Waals surface area contributed by atoms with Crippen LogP contribution in [0.15, 0.2) is 18.2 Å². The lowest BCUT2D eigenvalue weighted by Gasteiger charge is -2.28. The average molecular weight is 244 g/mol. The fourth-order valence-electron chi connectivity index (χ4n) is 1.66. The molecule has 0 bridgehead atoms. The lowest BCUT2D eigenvalue weighted by Crippen LogP contribution is -2.36. The van der Waals surface area contributed by atoms with Gasteiger partial charge in [-0.1, -0.05) is 6.07 Å². The maximum Gasteiger partial charge on any atom is 0.130 e. The number of nitrogens with two attached hydrogens (primary N) is 1. The number of benzene rings is 1. The van der Waals surface area contributed by atoms with E-state index in [-0.39, 0.29) is 5.56 Å². The van der Waals surface area contributed by atoms with Crippen molar-refractivity contribution in [2.45, 2.75) is 31.9 Å². The molecule has 96 valence electrons. The van der Waals surface area contributed by atoms with E-state index in [1.165, 1.54) is 18.2 Å². The summed E-state index contributed by atoms with van der Waals surface area (Å²) in [6.07, 6.45) is 0.359. The van der Waals surface area contributed by atoms with E-state index in [1.807, 2.05) is 13.8 Å². The molecule has 1 atom stereocenters. The first-order valence-corrected chi connectivity index (χ1v) is 5.36. The molecule has 1 rings (SSSR count). The Balaban J connectivity index is 3.02.